The van der Waals surface area contributed by atoms with Crippen LogP contribution in [-0.2, 0) is 14.4 Å². The minimum atomic E-state index is -5.08. The Kier molecular flexibility index (Phi) is 8.28. The molecule has 3 heterocycles. The van der Waals surface area contributed by atoms with E-state index in [9.17, 15) is 22.8 Å². The van der Waals surface area contributed by atoms with Crippen molar-refractivity contribution in [2.45, 2.75) is 57.5 Å². The lowest BCUT2D eigenvalue weighted by Crippen LogP contribution is -2.49. The Balaban J connectivity index is 0.000000405. The highest BCUT2D eigenvalue weighted by molar-refractivity contribution is 5.85. The van der Waals surface area contributed by atoms with Gasteiger partial charge < -0.3 is 20.2 Å². The number of amides is 2. The topological polar surface area (TPSA) is 103 Å². The summed E-state index contributed by atoms with van der Waals surface area (Å²) >= 11 is 0. The van der Waals surface area contributed by atoms with Crippen LogP contribution in [0.5, 0.6) is 0 Å². The summed E-state index contributed by atoms with van der Waals surface area (Å²) in [5.41, 5.74) is -0.420. The first kappa shape index (κ1) is 27.2. The predicted octanol–water partition coefficient (Wildman–Crippen LogP) is 3.48. The molecular weight excluding hydrogens is 489 g/mol. The van der Waals surface area contributed by atoms with Crippen molar-refractivity contribution in [3.63, 3.8) is 0 Å². The third-order valence-electron chi connectivity index (χ3n) is 8.12. The quantitative estimate of drug-likeness (QED) is 0.612. The molecule has 0 unspecified atom stereocenters. The summed E-state index contributed by atoms with van der Waals surface area (Å²) in [6.45, 7) is 3.81. The lowest BCUT2D eigenvalue weighted by atomic mass is 9.74. The first-order valence-corrected chi connectivity index (χ1v) is 13.1. The lowest BCUT2D eigenvalue weighted by molar-refractivity contribution is -0.192. The molecule has 37 heavy (non-hydrogen) atoms. The monoisotopic (exact) mass is 524 g/mol. The number of alkyl halides is 3. The number of rotatable bonds is 5. The maximum Gasteiger partial charge on any atom is 0.490 e. The molecule has 0 bridgehead atoms. The molecule has 5 rings (SSSR count). The zero-order valence-electron chi connectivity index (χ0n) is 20.9. The molecule has 2 aliphatic heterocycles. The van der Waals surface area contributed by atoms with Crippen molar-refractivity contribution in [2.75, 3.05) is 37.6 Å². The number of aromatic nitrogens is 1. The van der Waals surface area contributed by atoms with Crippen molar-refractivity contribution in [2.24, 2.45) is 23.2 Å². The van der Waals surface area contributed by atoms with Crippen molar-refractivity contribution in [1.82, 2.24) is 15.2 Å². The fourth-order valence-corrected chi connectivity index (χ4v) is 5.89. The second-order valence-corrected chi connectivity index (χ2v) is 10.7. The van der Waals surface area contributed by atoms with Crippen molar-refractivity contribution in [1.29, 1.82) is 0 Å². The molecular formula is C26H35F3N4O4. The summed E-state index contributed by atoms with van der Waals surface area (Å²) in [7, 11) is 0. The first-order valence-electron chi connectivity index (χ1n) is 13.1. The van der Waals surface area contributed by atoms with Crippen LogP contribution in [0.15, 0.2) is 24.4 Å². The molecule has 0 radical (unpaired) electrons. The Bertz CT molecular complexity index is 966. The van der Waals surface area contributed by atoms with Gasteiger partial charge in [0.05, 0.1) is 5.41 Å². The molecule has 0 spiro atoms. The van der Waals surface area contributed by atoms with Gasteiger partial charge in [0, 0.05) is 50.8 Å². The summed E-state index contributed by atoms with van der Waals surface area (Å²) in [4.78, 5) is 44.5. The zero-order valence-corrected chi connectivity index (χ0v) is 20.9. The van der Waals surface area contributed by atoms with Crippen LogP contribution in [0.1, 0.15) is 51.4 Å². The SMILES string of the molecule is O=C(C1CCCC1)N1CCC[C@]2(C(=O)NCC3CC3)CN(c3ccccn3)C[C@@H]2C1.O=C(O)C(F)(F)F. The third-order valence-corrected chi connectivity index (χ3v) is 8.12. The van der Waals surface area contributed by atoms with Gasteiger partial charge in [0.15, 0.2) is 0 Å². The fourth-order valence-electron chi connectivity index (χ4n) is 5.89. The minimum absolute atomic E-state index is 0.159. The van der Waals surface area contributed by atoms with Crippen molar-refractivity contribution >= 4 is 23.6 Å². The van der Waals surface area contributed by atoms with E-state index in [0.29, 0.717) is 24.9 Å². The Morgan fingerprint density at radius 2 is 1.78 bits per heavy atom. The van der Waals surface area contributed by atoms with Gasteiger partial charge in [0.25, 0.3) is 0 Å². The van der Waals surface area contributed by atoms with Crippen LogP contribution in [0.4, 0.5) is 19.0 Å². The van der Waals surface area contributed by atoms with Crippen molar-refractivity contribution in [3.05, 3.63) is 24.4 Å². The number of halogens is 3. The summed E-state index contributed by atoms with van der Waals surface area (Å²) in [6, 6.07) is 5.96. The molecule has 0 aromatic carbocycles. The normalized spacial score (nSPS) is 26.1. The molecule has 2 aliphatic carbocycles. The third kappa shape index (κ3) is 6.54. The Morgan fingerprint density at radius 3 is 2.38 bits per heavy atom. The zero-order chi connectivity index (χ0) is 26.6. The van der Waals surface area contributed by atoms with Crippen LogP contribution in [0, 0.1) is 23.2 Å². The van der Waals surface area contributed by atoms with Gasteiger partial charge in [-0.2, -0.15) is 13.2 Å². The van der Waals surface area contributed by atoms with Gasteiger partial charge in [0.1, 0.15) is 5.82 Å². The molecule has 204 valence electrons. The highest BCUT2D eigenvalue weighted by Crippen LogP contribution is 2.45. The number of carboxylic acids is 1. The van der Waals surface area contributed by atoms with Crippen molar-refractivity contribution in [3.8, 4) is 0 Å². The molecule has 2 saturated carbocycles. The number of fused-ring (bicyclic) bond motifs is 1. The fraction of sp³-hybridized carbons (Fsp3) is 0.692. The molecule has 4 fully saturated rings. The van der Waals surface area contributed by atoms with Gasteiger partial charge in [-0.1, -0.05) is 18.9 Å². The van der Waals surface area contributed by atoms with E-state index in [1.165, 1.54) is 25.7 Å². The lowest BCUT2D eigenvalue weighted by Gasteiger charge is -2.33. The highest BCUT2D eigenvalue weighted by Gasteiger charge is 2.54. The van der Waals surface area contributed by atoms with Gasteiger partial charge in [-0.05, 0) is 56.6 Å². The number of nitrogens with zero attached hydrogens (tertiary/aromatic N) is 3. The summed E-state index contributed by atoms with van der Waals surface area (Å²) in [6.07, 6.45) is 5.39. The molecule has 1 aromatic rings. The Morgan fingerprint density at radius 1 is 1.08 bits per heavy atom. The van der Waals surface area contributed by atoms with Gasteiger partial charge in [0.2, 0.25) is 11.8 Å². The average molecular weight is 525 g/mol. The van der Waals surface area contributed by atoms with Gasteiger partial charge >= 0.3 is 12.1 Å². The largest absolute Gasteiger partial charge is 0.490 e. The van der Waals surface area contributed by atoms with Gasteiger partial charge in [-0.25, -0.2) is 9.78 Å². The van der Waals surface area contributed by atoms with E-state index in [1.54, 1.807) is 0 Å². The van der Waals surface area contributed by atoms with E-state index in [4.69, 9.17) is 9.90 Å². The van der Waals surface area contributed by atoms with Gasteiger partial charge in [-0.15, -0.1) is 0 Å². The number of carboxylic acid groups (broad SMARTS) is 1. The van der Waals surface area contributed by atoms with E-state index in [2.05, 4.69) is 20.1 Å². The number of nitrogens with one attached hydrogen (secondary N) is 1. The first-order chi connectivity index (χ1) is 17.6. The molecule has 8 nitrogen and oxygen atoms in total. The molecule has 2 saturated heterocycles. The second kappa shape index (κ2) is 11.3. The molecule has 11 heteroatoms. The molecule has 4 aliphatic rings. The number of pyridine rings is 1. The molecule has 1 aromatic heterocycles. The summed E-state index contributed by atoms with van der Waals surface area (Å²) < 4.78 is 31.7. The summed E-state index contributed by atoms with van der Waals surface area (Å²) in [5, 5.41) is 10.4. The average Bonchev–Trinajstić information content (AvgIpc) is 3.46. The maximum atomic E-state index is 13.5. The van der Waals surface area contributed by atoms with Crippen LogP contribution in [0.25, 0.3) is 0 Å². The van der Waals surface area contributed by atoms with E-state index in [0.717, 1.165) is 51.1 Å². The second-order valence-electron chi connectivity index (χ2n) is 10.7. The van der Waals surface area contributed by atoms with Crippen LogP contribution in [0.2, 0.25) is 0 Å². The van der Waals surface area contributed by atoms with E-state index >= 15 is 0 Å². The van der Waals surface area contributed by atoms with Crippen LogP contribution in [-0.4, -0.2) is 71.7 Å². The standard InChI is InChI=1S/C24H34N4O2.C2HF3O2/c29-22(19-6-1-2-7-19)27-13-5-11-24(23(30)26-14-18-9-10-18)17-28(16-20(24)15-27)21-8-3-4-12-25-21;3-2(4,5)1(6)7/h3-4,8,12,18-20H,1-2,5-7,9-11,13-17H2,(H,26,30);(H,6,7)/t20-,24-;/m0./s1. The number of hydrogen-bond acceptors (Lipinski definition) is 5. The number of anilines is 1. The number of carbonyl (C=O) groups excluding carboxylic acids is 2. The van der Waals surface area contributed by atoms with E-state index < -0.39 is 17.6 Å². The highest BCUT2D eigenvalue weighted by atomic mass is 19.4. The van der Waals surface area contributed by atoms with Crippen molar-refractivity contribution < 1.29 is 32.7 Å². The Hall–Kier alpha value is -2.85. The molecule has 2 atom stereocenters. The number of carbonyl (C=O) groups is 3. The van der Waals surface area contributed by atoms with Crippen LogP contribution < -0.4 is 10.2 Å². The van der Waals surface area contributed by atoms with E-state index in [1.807, 2.05) is 24.4 Å². The van der Waals surface area contributed by atoms with Crippen LogP contribution >= 0.6 is 0 Å². The number of hydrogen-bond donors (Lipinski definition) is 2. The van der Waals surface area contributed by atoms with E-state index in [-0.39, 0.29) is 17.7 Å². The number of likely N-dealkylation sites (tertiary alicyclic amines) is 1. The smallest absolute Gasteiger partial charge is 0.475 e. The minimum Gasteiger partial charge on any atom is -0.475 e. The van der Waals surface area contributed by atoms with Crippen LogP contribution in [0.3, 0.4) is 0 Å². The summed E-state index contributed by atoms with van der Waals surface area (Å²) in [5.74, 6) is -0.253. The van der Waals surface area contributed by atoms with Gasteiger partial charge in [-0.3, -0.25) is 9.59 Å². The maximum absolute atomic E-state index is 13.5. The predicted molar refractivity (Wildman–Crippen MR) is 130 cm³/mol. The molecule has 2 amide bonds. The number of aliphatic carboxylic acids is 1. The molecule has 2 N–H and O–H groups in total. The Labute approximate surface area is 214 Å².